The van der Waals surface area contributed by atoms with Crippen LogP contribution in [0.2, 0.25) is 0 Å². The van der Waals surface area contributed by atoms with E-state index in [4.69, 9.17) is 19.2 Å². The van der Waals surface area contributed by atoms with Crippen LogP contribution in [0.15, 0.2) is 85.2 Å². The number of hydrogen-bond donors (Lipinski definition) is 4. The number of likely N-dealkylation sites (tertiary alicyclic amines) is 2. The van der Waals surface area contributed by atoms with Crippen molar-refractivity contribution in [2.24, 2.45) is 11.8 Å². The van der Waals surface area contributed by atoms with Gasteiger partial charge in [0.1, 0.15) is 35.7 Å². The van der Waals surface area contributed by atoms with E-state index in [1.54, 1.807) is 17.3 Å². The number of fused-ring (bicyclic) bond motifs is 5. The van der Waals surface area contributed by atoms with E-state index in [-0.39, 0.29) is 36.8 Å². The maximum Gasteiger partial charge on any atom is 0.407 e. The standard InChI is InChI=1S/C49H54FN9O7/c1-26(2)41(55-48(62)64-5)45(60)57-18-10-13-37(57)43-51-23-34(53-43)29-15-17-36-31(19-29)20-38-33-16-14-30(21-40(33)66-47(59(36)38)28-11-8-7-9-12-28)35-24-52-44(54-35)39-22-32(50)25-58(39)46(61)42(27(3)4)56-49(63)65-6/h7-9,11-12,14-17,19-21,23-24,26-27,32,37,39,41-42,47H,10,13,18,22,25H2,1-6H3,(H,51,53)(H,52,54)(H,55,62)(H,56,63)/t32-,37+,39?,41?,42+,47?/m1/s1. The van der Waals surface area contributed by atoms with Gasteiger partial charge in [0, 0.05) is 40.6 Å². The summed E-state index contributed by atoms with van der Waals surface area (Å²) in [6.07, 6.45) is 1.98. The Morgan fingerprint density at radius 1 is 0.773 bits per heavy atom. The fraction of sp³-hybridized carbons (Fsp3) is 0.388. The maximum absolute atomic E-state index is 15.0. The molecule has 0 saturated carbocycles. The number of aromatic nitrogens is 5. The van der Waals surface area contributed by atoms with Gasteiger partial charge in [0.15, 0.2) is 0 Å². The minimum absolute atomic E-state index is 0.0677. The highest BCUT2D eigenvalue weighted by Gasteiger charge is 2.42. The molecule has 0 spiro atoms. The van der Waals surface area contributed by atoms with E-state index in [1.165, 1.54) is 19.1 Å². The highest BCUT2D eigenvalue weighted by atomic mass is 19.1. The number of H-pyrrole nitrogens is 2. The molecule has 2 saturated heterocycles. The molecule has 4 N–H and O–H groups in total. The van der Waals surface area contributed by atoms with Gasteiger partial charge in [0.25, 0.3) is 0 Å². The number of amides is 4. The largest absolute Gasteiger partial charge is 0.465 e. The molecule has 4 amide bonds. The molecule has 344 valence electrons. The number of imidazole rings is 2. The first-order valence-electron chi connectivity index (χ1n) is 22.4. The third kappa shape index (κ3) is 8.22. The fourth-order valence-corrected chi connectivity index (χ4v) is 9.53. The van der Waals surface area contributed by atoms with Gasteiger partial charge in [-0.3, -0.25) is 9.59 Å². The first-order chi connectivity index (χ1) is 31.8. The molecule has 2 fully saturated rings. The number of nitrogens with zero attached hydrogens (tertiary/aromatic N) is 5. The Hall–Kier alpha value is -7.17. The number of halogens is 1. The first-order valence-corrected chi connectivity index (χ1v) is 22.4. The van der Waals surface area contributed by atoms with E-state index in [0.717, 1.165) is 57.4 Å². The SMILES string of the molecule is COC(=O)NC(C(=O)N1CCC[C@H]1c1ncc(-c2ccc3c(c2)cc2n3C(c3ccccc3)Oc3cc(-c4cnc(C5C[C@@H](F)CN5C(=O)[C@@H](NC(=O)OC)C(C)C)[nH]4)ccc3-2)[nH]1)C(C)C. The van der Waals surface area contributed by atoms with Crippen LogP contribution < -0.4 is 15.4 Å². The summed E-state index contributed by atoms with van der Waals surface area (Å²) >= 11 is 0. The second-order valence-corrected chi connectivity index (χ2v) is 17.9. The lowest BCUT2D eigenvalue weighted by Gasteiger charge is -2.30. The van der Waals surface area contributed by atoms with Crippen LogP contribution in [0.1, 0.15) is 82.5 Å². The Kier molecular flexibility index (Phi) is 12.0. The highest BCUT2D eigenvalue weighted by Crippen LogP contribution is 2.46. The molecule has 3 aliphatic rings. The predicted molar refractivity (Wildman–Crippen MR) is 244 cm³/mol. The molecular formula is C49H54FN9O7. The summed E-state index contributed by atoms with van der Waals surface area (Å²) in [6, 6.07) is 21.9. The number of rotatable bonds is 11. The maximum atomic E-state index is 15.0. The molecule has 0 aliphatic carbocycles. The van der Waals surface area contributed by atoms with E-state index < -0.39 is 48.6 Å². The van der Waals surface area contributed by atoms with Crippen molar-refractivity contribution in [2.75, 3.05) is 27.3 Å². The van der Waals surface area contributed by atoms with Crippen LogP contribution in [0.4, 0.5) is 14.0 Å². The number of aromatic amines is 2. The van der Waals surface area contributed by atoms with Crippen LogP contribution in [0.5, 0.6) is 5.75 Å². The van der Waals surface area contributed by atoms with Crippen LogP contribution >= 0.6 is 0 Å². The van der Waals surface area contributed by atoms with Crippen molar-refractivity contribution < 1.29 is 37.8 Å². The summed E-state index contributed by atoms with van der Waals surface area (Å²) in [6.45, 7) is 7.85. The Bertz CT molecular complexity index is 2780. The zero-order valence-corrected chi connectivity index (χ0v) is 37.7. The van der Waals surface area contributed by atoms with Gasteiger partial charge < -0.3 is 49.2 Å². The lowest BCUT2D eigenvalue weighted by Crippen LogP contribution is -2.51. The highest BCUT2D eigenvalue weighted by molar-refractivity contribution is 5.93. The van der Waals surface area contributed by atoms with Gasteiger partial charge >= 0.3 is 12.2 Å². The van der Waals surface area contributed by atoms with Gasteiger partial charge in [-0.25, -0.2) is 23.9 Å². The van der Waals surface area contributed by atoms with Crippen molar-refractivity contribution in [1.82, 2.24) is 44.9 Å². The van der Waals surface area contributed by atoms with Crippen LogP contribution in [-0.2, 0) is 19.1 Å². The number of ether oxygens (including phenoxy) is 3. The lowest BCUT2D eigenvalue weighted by atomic mass is 10.0. The molecule has 9 rings (SSSR count). The summed E-state index contributed by atoms with van der Waals surface area (Å²) in [5, 5.41) is 6.31. The molecule has 0 radical (unpaired) electrons. The average Bonchev–Trinajstić information content (AvgIpc) is 4.18. The minimum atomic E-state index is -1.26. The lowest BCUT2D eigenvalue weighted by molar-refractivity contribution is -0.136. The summed E-state index contributed by atoms with van der Waals surface area (Å²) < 4.78 is 33.7. The Morgan fingerprint density at radius 2 is 1.38 bits per heavy atom. The quantitative estimate of drug-likeness (QED) is 0.0997. The smallest absolute Gasteiger partial charge is 0.407 e. The van der Waals surface area contributed by atoms with Crippen LogP contribution in [0.25, 0.3) is 44.7 Å². The van der Waals surface area contributed by atoms with E-state index >= 15 is 4.39 Å². The molecule has 6 aromatic rings. The second kappa shape index (κ2) is 18.0. The molecular weight excluding hydrogens is 846 g/mol. The molecule has 3 unspecified atom stereocenters. The number of alkyl halides is 1. The third-order valence-electron chi connectivity index (χ3n) is 13.0. The number of hydrogen-bond acceptors (Lipinski definition) is 9. The molecule has 17 heteroatoms. The number of methoxy groups -OCH3 is 2. The molecule has 66 heavy (non-hydrogen) atoms. The monoisotopic (exact) mass is 899 g/mol. The van der Waals surface area contributed by atoms with Crippen molar-refractivity contribution in [1.29, 1.82) is 0 Å². The van der Waals surface area contributed by atoms with E-state index in [1.807, 2.05) is 76.2 Å². The van der Waals surface area contributed by atoms with E-state index in [2.05, 4.69) is 54.4 Å². The summed E-state index contributed by atoms with van der Waals surface area (Å²) in [5.74, 6) is 0.829. The molecule has 6 heterocycles. The zero-order valence-electron chi connectivity index (χ0n) is 37.7. The molecule has 6 atom stereocenters. The van der Waals surface area contributed by atoms with Crippen LogP contribution in [0, 0.1) is 11.8 Å². The Balaban J connectivity index is 1.01. The number of carbonyl (C=O) groups is 4. The Labute approximate surface area is 381 Å². The van der Waals surface area contributed by atoms with Crippen molar-refractivity contribution in [3.63, 3.8) is 0 Å². The van der Waals surface area contributed by atoms with Gasteiger partial charge in [-0.05, 0) is 55.0 Å². The molecule has 16 nitrogen and oxygen atoms in total. The normalized spacial score (nSPS) is 19.9. The Morgan fingerprint density at radius 3 is 2.02 bits per heavy atom. The summed E-state index contributed by atoms with van der Waals surface area (Å²) in [7, 11) is 2.52. The average molecular weight is 900 g/mol. The first kappa shape index (κ1) is 44.1. The minimum Gasteiger partial charge on any atom is -0.465 e. The van der Waals surface area contributed by atoms with Crippen molar-refractivity contribution in [3.05, 3.63) is 102 Å². The number of nitrogens with one attached hydrogen (secondary N) is 4. The summed E-state index contributed by atoms with van der Waals surface area (Å²) in [4.78, 5) is 71.2. The third-order valence-corrected chi connectivity index (χ3v) is 13.0. The van der Waals surface area contributed by atoms with Crippen LogP contribution in [0.3, 0.4) is 0 Å². The summed E-state index contributed by atoms with van der Waals surface area (Å²) in [5.41, 5.74) is 7.01. The zero-order chi connectivity index (χ0) is 46.4. The topological polar surface area (TPSA) is 189 Å². The number of alkyl carbamates (subject to hydrolysis) is 2. The molecule has 0 bridgehead atoms. The van der Waals surface area contributed by atoms with Crippen molar-refractivity contribution in [2.45, 2.75) is 83.5 Å². The van der Waals surface area contributed by atoms with Crippen molar-refractivity contribution in [3.8, 4) is 39.5 Å². The van der Waals surface area contributed by atoms with Gasteiger partial charge in [-0.2, -0.15) is 0 Å². The van der Waals surface area contributed by atoms with Gasteiger partial charge in [0.2, 0.25) is 18.0 Å². The van der Waals surface area contributed by atoms with Gasteiger partial charge in [0.05, 0.1) is 67.8 Å². The predicted octanol–water partition coefficient (Wildman–Crippen LogP) is 8.06. The van der Waals surface area contributed by atoms with E-state index in [0.29, 0.717) is 29.6 Å². The molecule has 3 aromatic heterocycles. The van der Waals surface area contributed by atoms with Gasteiger partial charge in [-0.15, -0.1) is 0 Å². The second-order valence-electron chi connectivity index (χ2n) is 17.9. The number of carbonyl (C=O) groups excluding carboxylic acids is 4. The molecule has 3 aromatic carbocycles. The van der Waals surface area contributed by atoms with E-state index in [9.17, 15) is 19.2 Å². The fourth-order valence-electron chi connectivity index (χ4n) is 9.53. The molecule has 3 aliphatic heterocycles. The number of benzene rings is 3. The van der Waals surface area contributed by atoms with Crippen molar-refractivity contribution >= 4 is 34.9 Å². The van der Waals surface area contributed by atoms with Crippen LogP contribution in [-0.4, -0.2) is 104 Å². The van der Waals surface area contributed by atoms with Gasteiger partial charge in [-0.1, -0.05) is 70.2 Å².